The number of rotatable bonds is 6. The number of hydrogen-bond donors (Lipinski definition) is 2. The second kappa shape index (κ2) is 11.9. The lowest BCUT2D eigenvalue weighted by Crippen LogP contribution is -2.50. The van der Waals surface area contributed by atoms with E-state index in [0.717, 1.165) is 11.8 Å². The summed E-state index contributed by atoms with van der Waals surface area (Å²) < 4.78 is 51.7. The molecular weight excluding hydrogens is 652 g/mol. The molecule has 3 aliphatic rings. The summed E-state index contributed by atoms with van der Waals surface area (Å²) in [4.78, 5) is 45.1. The summed E-state index contributed by atoms with van der Waals surface area (Å²) in [7, 11) is -2.74. The first kappa shape index (κ1) is 32.2. The fourth-order valence-corrected chi connectivity index (χ4v) is 7.95. The van der Waals surface area contributed by atoms with Crippen LogP contribution in [0.1, 0.15) is 64.3 Å². The summed E-state index contributed by atoms with van der Waals surface area (Å²) in [5, 5.41) is 5.66. The number of oxazole rings is 1. The summed E-state index contributed by atoms with van der Waals surface area (Å²) >= 11 is 0. The Kier molecular flexibility index (Phi) is 7.85. The standard InChI is InChI=1S/C35H34N4O9S/c1-19(2)27-31-38-28(32(41)45-3)29(48-31)35-22-12-8-9-13-25(22)39(49(4,43)44)33(35)47-26-15-14-21(16-23(26)35)17-24(30(40)37-27)36-34(42)46-18-20-10-6-5-7-11-20/h5-16,19,24,27,33H,17-18H2,1-4H3,(H,36,42)(H,37,40)/t24-,27-,33?,35-/m0/s1. The smallest absolute Gasteiger partial charge is 0.408 e. The average Bonchev–Trinajstić information content (AvgIpc) is 3.73. The highest BCUT2D eigenvalue weighted by atomic mass is 32.2. The fraction of sp³-hybridized carbons (Fsp3) is 0.314. The molecule has 4 bridgehead atoms. The molecule has 2 amide bonds. The van der Waals surface area contributed by atoms with Gasteiger partial charge in [0, 0.05) is 17.5 Å². The number of carbonyl (C=O) groups excluding carboxylic acids is 3. The molecule has 0 saturated carbocycles. The minimum absolute atomic E-state index is 0.00136. The predicted molar refractivity (Wildman–Crippen MR) is 175 cm³/mol. The third kappa shape index (κ3) is 5.26. The van der Waals surface area contributed by atoms with E-state index in [9.17, 15) is 22.8 Å². The van der Waals surface area contributed by atoms with E-state index in [1.165, 1.54) is 11.4 Å². The summed E-state index contributed by atoms with van der Waals surface area (Å²) in [6.07, 6.45) is -0.899. The number of esters is 1. The molecule has 3 aliphatic heterocycles. The lowest BCUT2D eigenvalue weighted by molar-refractivity contribution is -0.124. The monoisotopic (exact) mass is 686 g/mol. The van der Waals surface area contributed by atoms with E-state index in [-0.39, 0.29) is 36.3 Å². The Hall–Kier alpha value is -5.37. The van der Waals surface area contributed by atoms with Gasteiger partial charge in [0.1, 0.15) is 29.9 Å². The average molecular weight is 687 g/mol. The first-order valence-corrected chi connectivity index (χ1v) is 17.5. The van der Waals surface area contributed by atoms with Crippen molar-refractivity contribution in [2.45, 2.75) is 50.6 Å². The van der Waals surface area contributed by atoms with Gasteiger partial charge in [0.2, 0.25) is 28.0 Å². The first-order chi connectivity index (χ1) is 23.4. The van der Waals surface area contributed by atoms with Gasteiger partial charge in [-0.05, 0) is 29.2 Å². The number of sulfonamides is 1. The van der Waals surface area contributed by atoms with Crippen molar-refractivity contribution in [2.24, 2.45) is 5.92 Å². The number of nitrogens with zero attached hydrogens (tertiary/aromatic N) is 2. The van der Waals surface area contributed by atoms with Crippen LogP contribution in [0.5, 0.6) is 5.75 Å². The fourth-order valence-electron chi connectivity index (χ4n) is 6.88. The number of alkyl carbamates (subject to hydrolysis) is 1. The lowest BCUT2D eigenvalue weighted by Gasteiger charge is -2.30. The Balaban J connectivity index is 1.42. The zero-order valence-corrected chi connectivity index (χ0v) is 27.9. The van der Waals surface area contributed by atoms with E-state index in [1.807, 2.05) is 44.2 Å². The molecule has 7 rings (SSSR count). The molecule has 14 heteroatoms. The third-order valence-corrected chi connectivity index (χ3v) is 10.2. The van der Waals surface area contributed by atoms with E-state index in [4.69, 9.17) is 18.6 Å². The Morgan fingerprint density at radius 1 is 1.08 bits per heavy atom. The predicted octanol–water partition coefficient (Wildman–Crippen LogP) is 3.96. The number of carbonyl (C=O) groups is 3. The van der Waals surface area contributed by atoms with Gasteiger partial charge >= 0.3 is 12.1 Å². The Morgan fingerprint density at radius 2 is 1.82 bits per heavy atom. The number of amides is 2. The molecule has 1 unspecified atom stereocenters. The number of fused-ring (bicyclic) bond motifs is 4. The van der Waals surface area contributed by atoms with Crippen LogP contribution in [0, 0.1) is 5.92 Å². The molecule has 13 nitrogen and oxygen atoms in total. The van der Waals surface area contributed by atoms with Gasteiger partial charge in [0.15, 0.2) is 11.5 Å². The van der Waals surface area contributed by atoms with Crippen LogP contribution in [0.25, 0.3) is 0 Å². The molecule has 1 aromatic heterocycles. The third-order valence-electron chi connectivity index (χ3n) is 9.09. The number of ether oxygens (including phenoxy) is 3. The molecule has 0 saturated heterocycles. The Morgan fingerprint density at radius 3 is 2.53 bits per heavy atom. The molecule has 2 N–H and O–H groups in total. The van der Waals surface area contributed by atoms with Crippen molar-refractivity contribution in [3.05, 3.63) is 112 Å². The van der Waals surface area contributed by atoms with Crippen molar-refractivity contribution in [1.82, 2.24) is 15.6 Å². The minimum Gasteiger partial charge on any atom is -0.467 e. The van der Waals surface area contributed by atoms with Gasteiger partial charge < -0.3 is 29.3 Å². The van der Waals surface area contributed by atoms with Crippen LogP contribution in [0.2, 0.25) is 0 Å². The molecule has 49 heavy (non-hydrogen) atoms. The van der Waals surface area contributed by atoms with Gasteiger partial charge in [0.25, 0.3) is 0 Å². The van der Waals surface area contributed by atoms with Crippen LogP contribution in [0.3, 0.4) is 0 Å². The molecule has 0 fully saturated rings. The Labute approximate surface area is 282 Å². The van der Waals surface area contributed by atoms with Crippen molar-refractivity contribution in [2.75, 3.05) is 17.7 Å². The maximum atomic E-state index is 13.9. The van der Waals surface area contributed by atoms with Crippen LogP contribution >= 0.6 is 0 Å². The normalized spacial score (nSPS) is 22.2. The second-order valence-corrected chi connectivity index (χ2v) is 14.5. The first-order valence-electron chi connectivity index (χ1n) is 15.7. The maximum Gasteiger partial charge on any atom is 0.408 e. The minimum atomic E-state index is -3.95. The van der Waals surface area contributed by atoms with Gasteiger partial charge in [-0.3, -0.25) is 4.79 Å². The quantitative estimate of drug-likeness (QED) is 0.284. The molecule has 254 valence electrons. The van der Waals surface area contributed by atoms with E-state index in [0.29, 0.717) is 28.1 Å². The SMILES string of the molecule is COC(=O)c1nc2oc1[C@]13c4cc(ccc4OC1N(S(C)(=O)=O)c1ccccc13)C[C@H](NC(=O)OCc1ccccc1)C(=O)N[C@H]2C(C)C. The van der Waals surface area contributed by atoms with Crippen LogP contribution in [0.15, 0.2) is 77.2 Å². The number of para-hydroxylation sites is 1. The highest BCUT2D eigenvalue weighted by Gasteiger charge is 2.65. The number of nitrogens with one attached hydrogen (secondary N) is 2. The van der Waals surface area contributed by atoms with E-state index < -0.39 is 51.7 Å². The largest absolute Gasteiger partial charge is 0.467 e. The number of hydrogen-bond acceptors (Lipinski definition) is 10. The second-order valence-electron chi connectivity index (χ2n) is 12.6. The lowest BCUT2D eigenvalue weighted by atomic mass is 9.72. The Bertz CT molecular complexity index is 2080. The summed E-state index contributed by atoms with van der Waals surface area (Å²) in [5.74, 6) is -1.29. The zero-order valence-electron chi connectivity index (χ0n) is 27.1. The molecule has 1 spiro atoms. The summed E-state index contributed by atoms with van der Waals surface area (Å²) in [6.45, 7) is 3.68. The molecule has 4 aromatic rings. The van der Waals surface area contributed by atoms with Crippen LogP contribution in [0.4, 0.5) is 10.5 Å². The van der Waals surface area contributed by atoms with E-state index in [2.05, 4.69) is 15.6 Å². The van der Waals surface area contributed by atoms with Gasteiger partial charge in [-0.15, -0.1) is 0 Å². The van der Waals surface area contributed by atoms with Crippen molar-refractivity contribution in [3.8, 4) is 5.75 Å². The maximum absolute atomic E-state index is 13.9. The summed E-state index contributed by atoms with van der Waals surface area (Å²) in [5.41, 5.74) is 1.04. The summed E-state index contributed by atoms with van der Waals surface area (Å²) in [6, 6.07) is 19.3. The van der Waals surface area contributed by atoms with Crippen LogP contribution < -0.4 is 19.7 Å². The van der Waals surface area contributed by atoms with Crippen molar-refractivity contribution < 1.29 is 41.4 Å². The number of benzene rings is 3. The van der Waals surface area contributed by atoms with Gasteiger partial charge in [0.05, 0.1) is 19.1 Å². The zero-order chi connectivity index (χ0) is 34.7. The van der Waals surface area contributed by atoms with E-state index in [1.54, 1.807) is 42.5 Å². The van der Waals surface area contributed by atoms with Crippen LogP contribution in [-0.4, -0.2) is 57.0 Å². The molecule has 0 radical (unpaired) electrons. The highest BCUT2D eigenvalue weighted by Crippen LogP contribution is 2.61. The molecule has 0 aliphatic carbocycles. The molecule has 3 aromatic carbocycles. The molecular formula is C35H34N4O9S. The van der Waals surface area contributed by atoms with Crippen LogP contribution in [-0.2, 0) is 42.7 Å². The number of anilines is 1. The van der Waals surface area contributed by atoms with Gasteiger partial charge in [-0.25, -0.2) is 27.3 Å². The van der Waals surface area contributed by atoms with Crippen molar-refractivity contribution in [1.29, 1.82) is 0 Å². The van der Waals surface area contributed by atoms with Crippen molar-refractivity contribution in [3.63, 3.8) is 0 Å². The number of aromatic nitrogens is 1. The number of methoxy groups -OCH3 is 1. The van der Waals surface area contributed by atoms with E-state index >= 15 is 0 Å². The topological polar surface area (TPSA) is 166 Å². The van der Waals surface area contributed by atoms with Crippen molar-refractivity contribution >= 4 is 33.7 Å². The van der Waals surface area contributed by atoms with Gasteiger partial charge in [-0.2, -0.15) is 0 Å². The highest BCUT2D eigenvalue weighted by molar-refractivity contribution is 7.92. The van der Waals surface area contributed by atoms with Gasteiger partial charge in [-0.1, -0.05) is 74.5 Å². The molecule has 4 heterocycles. The molecule has 4 atom stereocenters.